The molecule has 0 saturated carbocycles. The van der Waals surface area contributed by atoms with Gasteiger partial charge >= 0.3 is 0 Å². The van der Waals surface area contributed by atoms with Crippen molar-refractivity contribution >= 4 is 29.9 Å². The summed E-state index contributed by atoms with van der Waals surface area (Å²) in [4.78, 5) is 35.9. The molecule has 0 spiro atoms. The van der Waals surface area contributed by atoms with E-state index in [-0.39, 0.29) is 18.3 Å². The number of carbonyl (C=O) groups is 3. The Labute approximate surface area is 163 Å². The molecule has 6 nitrogen and oxygen atoms in total. The lowest BCUT2D eigenvalue weighted by atomic mass is 10.2. The highest BCUT2D eigenvalue weighted by Gasteiger charge is 2.08. The van der Waals surface area contributed by atoms with E-state index in [0.717, 1.165) is 17.5 Å². The van der Waals surface area contributed by atoms with E-state index in [0.29, 0.717) is 23.6 Å². The maximum atomic E-state index is 11.9. The third-order valence-electron chi connectivity index (χ3n) is 3.40. The first kappa shape index (κ1) is 22.4. The van der Waals surface area contributed by atoms with Crippen LogP contribution in [0.4, 0.5) is 0 Å². The molecule has 1 heterocycles. The van der Waals surface area contributed by atoms with Gasteiger partial charge in [0.1, 0.15) is 11.4 Å². The molecule has 0 unspecified atom stereocenters. The normalized spacial score (nSPS) is 9.59. The number of Topliss-reactive ketones (excluding diaryl/α,β-unsaturated/α-hetero) is 1. The predicted molar refractivity (Wildman–Crippen MR) is 107 cm³/mol. The molecule has 7 heteroatoms. The van der Waals surface area contributed by atoms with Crippen LogP contribution in [0, 0.1) is 6.92 Å². The molecule has 2 aromatic rings. The molecule has 0 radical (unpaired) electrons. The number of aromatic nitrogens is 1. The number of rotatable bonds is 8. The van der Waals surface area contributed by atoms with Crippen LogP contribution in [0.2, 0.25) is 0 Å². The third-order valence-corrected chi connectivity index (χ3v) is 3.96. The lowest BCUT2D eigenvalue weighted by molar-refractivity contribution is -0.123. The van der Waals surface area contributed by atoms with Crippen LogP contribution in [0.25, 0.3) is 0 Å². The average molecular weight is 388 g/mol. The SMILES string of the molecule is CCc1ccc(C(=O)COc2ccc(C)cc2)nc1.CSCC(=O)NC=O. The Hall–Kier alpha value is -2.67. The summed E-state index contributed by atoms with van der Waals surface area (Å²) < 4.78 is 5.44. The Morgan fingerprint density at radius 2 is 1.89 bits per heavy atom. The Balaban J connectivity index is 0.000000387. The fourth-order valence-corrected chi connectivity index (χ4v) is 2.24. The van der Waals surface area contributed by atoms with Crippen LogP contribution in [0.5, 0.6) is 5.75 Å². The lowest BCUT2D eigenvalue weighted by Crippen LogP contribution is -2.22. The van der Waals surface area contributed by atoms with Gasteiger partial charge in [0.2, 0.25) is 18.1 Å². The zero-order valence-electron chi connectivity index (χ0n) is 15.7. The summed E-state index contributed by atoms with van der Waals surface area (Å²) >= 11 is 1.38. The lowest BCUT2D eigenvalue weighted by Gasteiger charge is -2.05. The highest BCUT2D eigenvalue weighted by Crippen LogP contribution is 2.12. The summed E-state index contributed by atoms with van der Waals surface area (Å²) in [5.74, 6) is 0.693. The summed E-state index contributed by atoms with van der Waals surface area (Å²) in [7, 11) is 0. The second-order valence-electron chi connectivity index (χ2n) is 5.55. The maximum absolute atomic E-state index is 11.9. The number of carbonyl (C=O) groups excluding carboxylic acids is 3. The van der Waals surface area contributed by atoms with Gasteiger partial charge in [0.05, 0.1) is 5.75 Å². The van der Waals surface area contributed by atoms with E-state index in [1.807, 2.05) is 42.6 Å². The molecule has 2 amide bonds. The van der Waals surface area contributed by atoms with Crippen molar-refractivity contribution in [3.8, 4) is 5.75 Å². The minimum Gasteiger partial charge on any atom is -0.485 e. The van der Waals surface area contributed by atoms with Crippen LogP contribution in [-0.2, 0) is 16.0 Å². The summed E-state index contributed by atoms with van der Waals surface area (Å²) in [6.07, 6.45) is 4.84. The van der Waals surface area contributed by atoms with E-state index in [2.05, 4.69) is 11.9 Å². The van der Waals surface area contributed by atoms with Gasteiger partial charge in [-0.3, -0.25) is 24.7 Å². The summed E-state index contributed by atoms with van der Waals surface area (Å²) in [6, 6.07) is 11.3. The fourth-order valence-electron chi connectivity index (χ4n) is 1.89. The second kappa shape index (κ2) is 12.6. The summed E-state index contributed by atoms with van der Waals surface area (Å²) in [5, 5.41) is 2.01. The van der Waals surface area contributed by atoms with Gasteiger partial charge in [-0.25, -0.2) is 0 Å². The molecule has 1 N–H and O–H groups in total. The first-order valence-electron chi connectivity index (χ1n) is 8.39. The molecule has 1 aromatic heterocycles. The van der Waals surface area contributed by atoms with Crippen LogP contribution in [0.1, 0.15) is 28.5 Å². The molecule has 0 saturated heterocycles. The number of amides is 2. The Kier molecular flexibility index (Phi) is 10.5. The Morgan fingerprint density at radius 3 is 2.41 bits per heavy atom. The smallest absolute Gasteiger partial charge is 0.236 e. The van der Waals surface area contributed by atoms with Crippen LogP contribution in [0.15, 0.2) is 42.6 Å². The van der Waals surface area contributed by atoms with E-state index < -0.39 is 0 Å². The summed E-state index contributed by atoms with van der Waals surface area (Å²) in [6.45, 7) is 4.08. The number of ether oxygens (including phenoxy) is 1. The molecule has 0 aliphatic carbocycles. The predicted octanol–water partition coefficient (Wildman–Crippen LogP) is 2.84. The van der Waals surface area contributed by atoms with Gasteiger partial charge in [-0.15, -0.1) is 0 Å². The fraction of sp³-hybridized carbons (Fsp3) is 0.300. The minimum atomic E-state index is -0.243. The Bertz CT molecular complexity index is 731. The number of imide groups is 1. The number of aryl methyl sites for hydroxylation is 2. The topological polar surface area (TPSA) is 85.4 Å². The van der Waals surface area contributed by atoms with E-state index in [9.17, 15) is 14.4 Å². The molecule has 0 aliphatic heterocycles. The van der Waals surface area contributed by atoms with Gasteiger partial charge in [0.15, 0.2) is 6.61 Å². The molecule has 1 aromatic carbocycles. The van der Waals surface area contributed by atoms with E-state index in [1.54, 1.807) is 18.5 Å². The zero-order valence-corrected chi connectivity index (χ0v) is 16.5. The van der Waals surface area contributed by atoms with Crippen LogP contribution in [-0.4, -0.2) is 41.7 Å². The van der Waals surface area contributed by atoms with E-state index in [4.69, 9.17) is 4.74 Å². The Morgan fingerprint density at radius 1 is 1.19 bits per heavy atom. The molecular formula is C20H24N2O4S. The molecule has 0 bridgehead atoms. The molecular weight excluding hydrogens is 364 g/mol. The van der Waals surface area contributed by atoms with Crippen molar-refractivity contribution in [1.29, 1.82) is 0 Å². The second-order valence-corrected chi connectivity index (χ2v) is 6.41. The standard InChI is InChI=1S/C16H17NO2.C4H7NO2S/c1-3-13-6-9-15(17-10-13)16(18)11-19-14-7-4-12(2)5-8-14;1-8-2-4(7)5-3-6/h4-10H,3,11H2,1-2H3;3H,2H2,1H3,(H,5,6,7). The van der Waals surface area contributed by atoms with E-state index in [1.165, 1.54) is 11.8 Å². The number of ketones is 1. The number of hydrogen-bond donors (Lipinski definition) is 1. The molecule has 2 rings (SSSR count). The highest BCUT2D eigenvalue weighted by molar-refractivity contribution is 7.99. The first-order valence-corrected chi connectivity index (χ1v) is 9.79. The molecule has 0 aliphatic rings. The molecule has 27 heavy (non-hydrogen) atoms. The minimum absolute atomic E-state index is 0.0154. The maximum Gasteiger partial charge on any atom is 0.236 e. The van der Waals surface area contributed by atoms with Gasteiger partial charge in [-0.1, -0.05) is 30.7 Å². The van der Waals surface area contributed by atoms with Gasteiger partial charge in [-0.2, -0.15) is 11.8 Å². The monoisotopic (exact) mass is 388 g/mol. The van der Waals surface area contributed by atoms with Crippen molar-refractivity contribution in [2.45, 2.75) is 20.3 Å². The van der Waals surface area contributed by atoms with Gasteiger partial charge < -0.3 is 4.74 Å². The number of benzene rings is 1. The van der Waals surface area contributed by atoms with Crippen molar-refractivity contribution in [3.63, 3.8) is 0 Å². The van der Waals surface area contributed by atoms with Crippen LogP contribution < -0.4 is 10.1 Å². The molecule has 144 valence electrons. The average Bonchev–Trinajstić information content (AvgIpc) is 2.68. The van der Waals surface area contributed by atoms with Crippen molar-refractivity contribution in [3.05, 3.63) is 59.4 Å². The molecule has 0 fully saturated rings. The first-order chi connectivity index (χ1) is 13.0. The number of pyridine rings is 1. The number of nitrogens with zero attached hydrogens (tertiary/aromatic N) is 1. The largest absolute Gasteiger partial charge is 0.485 e. The highest BCUT2D eigenvalue weighted by atomic mass is 32.2. The number of thioether (sulfide) groups is 1. The van der Waals surface area contributed by atoms with Crippen molar-refractivity contribution in [2.24, 2.45) is 0 Å². The zero-order chi connectivity index (χ0) is 20.1. The number of hydrogen-bond acceptors (Lipinski definition) is 6. The van der Waals surface area contributed by atoms with Crippen LogP contribution >= 0.6 is 11.8 Å². The van der Waals surface area contributed by atoms with Crippen molar-refractivity contribution in [1.82, 2.24) is 10.3 Å². The van der Waals surface area contributed by atoms with Gasteiger partial charge in [0.25, 0.3) is 0 Å². The van der Waals surface area contributed by atoms with Gasteiger partial charge in [-0.05, 0) is 43.4 Å². The van der Waals surface area contributed by atoms with E-state index >= 15 is 0 Å². The summed E-state index contributed by atoms with van der Waals surface area (Å²) in [5.41, 5.74) is 2.73. The van der Waals surface area contributed by atoms with Gasteiger partial charge in [0, 0.05) is 6.20 Å². The van der Waals surface area contributed by atoms with Crippen molar-refractivity contribution in [2.75, 3.05) is 18.6 Å². The number of nitrogens with one attached hydrogen (secondary N) is 1. The molecule has 0 atom stereocenters. The third kappa shape index (κ3) is 9.01. The van der Waals surface area contributed by atoms with Crippen LogP contribution in [0.3, 0.4) is 0 Å². The van der Waals surface area contributed by atoms with Crippen molar-refractivity contribution < 1.29 is 19.1 Å². The quantitative estimate of drug-likeness (QED) is 0.553.